The van der Waals surface area contributed by atoms with Crippen molar-refractivity contribution in [3.05, 3.63) is 65.5 Å². The van der Waals surface area contributed by atoms with E-state index in [0.29, 0.717) is 0 Å². The maximum Gasteiger partial charge on any atom is 0.121 e. The van der Waals surface area contributed by atoms with Crippen molar-refractivity contribution in [1.82, 2.24) is 14.9 Å². The van der Waals surface area contributed by atoms with Gasteiger partial charge in [-0.15, -0.1) is 11.6 Å². The molecule has 3 aromatic rings. The second-order valence-electron chi connectivity index (χ2n) is 6.18. The molecule has 118 valence electrons. The summed E-state index contributed by atoms with van der Waals surface area (Å²) in [5, 5.41) is -0.178. The SMILES string of the molecule is ClC(c1ccccc1)c1cccc2[nH]c(CN3CCCC3)nc12. The molecular formula is C19H20ClN3. The minimum Gasteiger partial charge on any atom is -0.341 e. The number of likely N-dealkylation sites (tertiary alicyclic amines) is 1. The molecule has 23 heavy (non-hydrogen) atoms. The number of nitrogens with one attached hydrogen (secondary N) is 1. The summed E-state index contributed by atoms with van der Waals surface area (Å²) in [6.07, 6.45) is 2.59. The van der Waals surface area contributed by atoms with E-state index in [2.05, 4.69) is 34.1 Å². The Morgan fingerprint density at radius 3 is 2.61 bits per heavy atom. The standard InChI is InChI=1S/C19H20ClN3/c20-18(14-7-2-1-3-8-14)15-9-6-10-16-19(15)22-17(21-16)13-23-11-4-5-12-23/h1-3,6-10,18H,4-5,11-13H2,(H,21,22). The van der Waals surface area contributed by atoms with Crippen molar-refractivity contribution in [3.8, 4) is 0 Å². The Morgan fingerprint density at radius 2 is 1.83 bits per heavy atom. The number of benzene rings is 2. The number of H-pyrrole nitrogens is 1. The molecule has 0 spiro atoms. The van der Waals surface area contributed by atoms with Gasteiger partial charge in [0.05, 0.1) is 23.0 Å². The number of halogens is 1. The molecule has 1 aliphatic heterocycles. The van der Waals surface area contributed by atoms with E-state index >= 15 is 0 Å². The minimum absolute atomic E-state index is 0.178. The monoisotopic (exact) mass is 325 g/mol. The van der Waals surface area contributed by atoms with E-state index in [9.17, 15) is 0 Å². The van der Waals surface area contributed by atoms with Crippen molar-refractivity contribution in [2.45, 2.75) is 24.8 Å². The highest BCUT2D eigenvalue weighted by molar-refractivity contribution is 6.23. The van der Waals surface area contributed by atoms with Crippen LogP contribution in [0, 0.1) is 0 Å². The van der Waals surface area contributed by atoms with Crippen LogP contribution in [0.4, 0.5) is 0 Å². The Balaban J connectivity index is 1.68. The fourth-order valence-corrected chi connectivity index (χ4v) is 3.66. The Morgan fingerprint density at radius 1 is 1.04 bits per heavy atom. The fourth-order valence-electron chi connectivity index (χ4n) is 3.34. The molecule has 0 radical (unpaired) electrons. The van der Waals surface area contributed by atoms with Gasteiger partial charge in [0, 0.05) is 5.56 Å². The van der Waals surface area contributed by atoms with Crippen LogP contribution in [0.25, 0.3) is 11.0 Å². The van der Waals surface area contributed by atoms with E-state index in [4.69, 9.17) is 16.6 Å². The van der Waals surface area contributed by atoms with Gasteiger partial charge in [-0.05, 0) is 37.6 Å². The zero-order valence-corrected chi connectivity index (χ0v) is 13.8. The summed E-state index contributed by atoms with van der Waals surface area (Å²) < 4.78 is 0. The van der Waals surface area contributed by atoms with Crippen molar-refractivity contribution in [3.63, 3.8) is 0 Å². The van der Waals surface area contributed by atoms with E-state index in [1.54, 1.807) is 0 Å². The summed E-state index contributed by atoms with van der Waals surface area (Å²) in [5.74, 6) is 1.03. The number of para-hydroxylation sites is 1. The van der Waals surface area contributed by atoms with Gasteiger partial charge >= 0.3 is 0 Å². The number of aromatic nitrogens is 2. The van der Waals surface area contributed by atoms with E-state index < -0.39 is 0 Å². The zero-order chi connectivity index (χ0) is 15.6. The molecule has 4 rings (SSSR count). The minimum atomic E-state index is -0.178. The van der Waals surface area contributed by atoms with E-state index in [0.717, 1.165) is 34.5 Å². The average Bonchev–Trinajstić information content (AvgIpc) is 3.24. The molecular weight excluding hydrogens is 306 g/mol. The van der Waals surface area contributed by atoms with Gasteiger partial charge in [0.25, 0.3) is 0 Å². The molecule has 1 aliphatic rings. The normalized spacial score (nSPS) is 16.9. The topological polar surface area (TPSA) is 31.9 Å². The molecule has 1 saturated heterocycles. The fraction of sp³-hybridized carbons (Fsp3) is 0.316. The Labute approximate surface area is 141 Å². The lowest BCUT2D eigenvalue weighted by molar-refractivity contribution is 0.324. The molecule has 2 heterocycles. The van der Waals surface area contributed by atoms with Crippen LogP contribution in [0.3, 0.4) is 0 Å². The number of fused-ring (bicyclic) bond motifs is 1. The first-order valence-corrected chi connectivity index (χ1v) is 8.64. The van der Waals surface area contributed by atoms with Crippen LogP contribution >= 0.6 is 11.6 Å². The molecule has 1 N–H and O–H groups in total. The lowest BCUT2D eigenvalue weighted by Gasteiger charge is -2.11. The Hall–Kier alpha value is -1.84. The smallest absolute Gasteiger partial charge is 0.121 e. The molecule has 3 nitrogen and oxygen atoms in total. The van der Waals surface area contributed by atoms with Crippen LogP contribution in [0.2, 0.25) is 0 Å². The average molecular weight is 326 g/mol. The van der Waals surface area contributed by atoms with Gasteiger partial charge < -0.3 is 4.98 Å². The van der Waals surface area contributed by atoms with E-state index in [1.807, 2.05) is 24.3 Å². The molecule has 1 unspecified atom stereocenters. The summed E-state index contributed by atoms with van der Waals surface area (Å²) in [6, 6.07) is 16.4. The van der Waals surface area contributed by atoms with Crippen LogP contribution < -0.4 is 0 Å². The lowest BCUT2D eigenvalue weighted by Crippen LogP contribution is -2.19. The molecule has 4 heteroatoms. The van der Waals surface area contributed by atoms with Gasteiger partial charge in [-0.25, -0.2) is 4.98 Å². The molecule has 0 bridgehead atoms. The highest BCUT2D eigenvalue weighted by Crippen LogP contribution is 2.33. The summed E-state index contributed by atoms with van der Waals surface area (Å²) in [7, 11) is 0. The lowest BCUT2D eigenvalue weighted by atomic mass is 10.0. The molecule has 1 fully saturated rings. The van der Waals surface area contributed by atoms with Crippen molar-refractivity contribution in [2.75, 3.05) is 13.1 Å². The van der Waals surface area contributed by atoms with Crippen molar-refractivity contribution in [1.29, 1.82) is 0 Å². The molecule has 1 atom stereocenters. The summed E-state index contributed by atoms with van der Waals surface area (Å²) in [4.78, 5) is 10.7. The molecule has 2 aromatic carbocycles. The molecule has 1 aromatic heterocycles. The van der Waals surface area contributed by atoms with Crippen molar-refractivity contribution >= 4 is 22.6 Å². The number of nitrogens with zero attached hydrogens (tertiary/aromatic N) is 2. The molecule has 0 amide bonds. The number of aromatic amines is 1. The van der Waals surface area contributed by atoms with Crippen LogP contribution in [0.5, 0.6) is 0 Å². The van der Waals surface area contributed by atoms with Gasteiger partial charge in [-0.3, -0.25) is 4.90 Å². The van der Waals surface area contributed by atoms with E-state index in [-0.39, 0.29) is 5.38 Å². The third kappa shape index (κ3) is 2.99. The number of alkyl halides is 1. The maximum atomic E-state index is 6.73. The van der Waals surface area contributed by atoms with Gasteiger partial charge in [-0.1, -0.05) is 42.5 Å². The van der Waals surface area contributed by atoms with Crippen LogP contribution in [-0.2, 0) is 6.54 Å². The highest BCUT2D eigenvalue weighted by atomic mass is 35.5. The maximum absolute atomic E-state index is 6.73. The van der Waals surface area contributed by atoms with Crippen LogP contribution in [0.15, 0.2) is 48.5 Å². The molecule has 0 saturated carbocycles. The molecule has 0 aliphatic carbocycles. The zero-order valence-electron chi connectivity index (χ0n) is 13.0. The summed E-state index contributed by atoms with van der Waals surface area (Å²) >= 11 is 6.73. The predicted molar refractivity (Wildman–Crippen MR) is 94.7 cm³/mol. The quantitative estimate of drug-likeness (QED) is 0.717. The van der Waals surface area contributed by atoms with Gasteiger partial charge in [0.1, 0.15) is 5.82 Å². The highest BCUT2D eigenvalue weighted by Gasteiger charge is 2.18. The summed E-state index contributed by atoms with van der Waals surface area (Å²) in [6.45, 7) is 3.24. The first kappa shape index (κ1) is 14.7. The second kappa shape index (κ2) is 6.34. The number of hydrogen-bond donors (Lipinski definition) is 1. The van der Waals surface area contributed by atoms with Gasteiger partial charge in [0.2, 0.25) is 0 Å². The third-order valence-corrected chi connectivity index (χ3v) is 5.02. The predicted octanol–water partition coefficient (Wildman–Crippen LogP) is 4.49. The van der Waals surface area contributed by atoms with Crippen molar-refractivity contribution < 1.29 is 0 Å². The largest absolute Gasteiger partial charge is 0.341 e. The van der Waals surface area contributed by atoms with Crippen LogP contribution in [0.1, 0.15) is 35.2 Å². The number of rotatable bonds is 4. The Bertz CT molecular complexity index is 791. The van der Waals surface area contributed by atoms with E-state index in [1.165, 1.54) is 25.9 Å². The first-order chi connectivity index (χ1) is 11.3. The first-order valence-electron chi connectivity index (χ1n) is 8.20. The third-order valence-electron chi connectivity index (χ3n) is 4.53. The number of imidazole rings is 1. The van der Waals surface area contributed by atoms with Crippen molar-refractivity contribution in [2.24, 2.45) is 0 Å². The Kier molecular flexibility index (Phi) is 4.06. The van der Waals surface area contributed by atoms with Gasteiger partial charge in [-0.2, -0.15) is 0 Å². The number of hydrogen-bond acceptors (Lipinski definition) is 2. The summed E-state index contributed by atoms with van der Waals surface area (Å²) in [5.41, 5.74) is 4.23. The van der Waals surface area contributed by atoms with Gasteiger partial charge in [0.15, 0.2) is 0 Å². The van der Waals surface area contributed by atoms with Crippen LogP contribution in [-0.4, -0.2) is 28.0 Å². The second-order valence-corrected chi connectivity index (χ2v) is 6.62.